The molecule has 0 aromatic heterocycles. The monoisotopic (exact) mass is 193 g/mol. The minimum atomic E-state index is 0.0385. The highest BCUT2D eigenvalue weighted by Gasteiger charge is 2.33. The van der Waals surface area contributed by atoms with Crippen LogP contribution in [0.5, 0.6) is 0 Å². The number of hydrogen-bond acceptors (Lipinski definition) is 1. The summed E-state index contributed by atoms with van der Waals surface area (Å²) in [5.74, 6) is 1.58. The van der Waals surface area contributed by atoms with Crippen molar-refractivity contribution in [2.75, 3.05) is 0 Å². The first kappa shape index (κ1) is 11.6. The minimum absolute atomic E-state index is 0.0385. The van der Waals surface area contributed by atoms with Gasteiger partial charge < -0.3 is 0 Å². The van der Waals surface area contributed by atoms with E-state index in [0.29, 0.717) is 0 Å². The SMILES string of the molecule is CC(C)CCC1(C#N)CCC(C)CC1. The first-order valence-electron chi connectivity index (χ1n) is 5.99. The van der Waals surface area contributed by atoms with Gasteiger partial charge in [-0.2, -0.15) is 5.26 Å². The van der Waals surface area contributed by atoms with E-state index in [1.54, 1.807) is 0 Å². The molecule has 0 N–H and O–H groups in total. The maximum absolute atomic E-state index is 9.29. The molecular formula is C13H23N. The largest absolute Gasteiger partial charge is 0.198 e. The predicted molar refractivity (Wildman–Crippen MR) is 59.8 cm³/mol. The number of hydrogen-bond donors (Lipinski definition) is 0. The third kappa shape index (κ3) is 3.01. The van der Waals surface area contributed by atoms with Crippen molar-refractivity contribution in [2.24, 2.45) is 17.3 Å². The number of rotatable bonds is 3. The summed E-state index contributed by atoms with van der Waals surface area (Å²) in [5.41, 5.74) is 0.0385. The van der Waals surface area contributed by atoms with E-state index in [1.165, 1.54) is 19.3 Å². The zero-order chi connectivity index (χ0) is 10.6. The van der Waals surface area contributed by atoms with Gasteiger partial charge in [-0.1, -0.05) is 20.8 Å². The maximum atomic E-state index is 9.29. The minimum Gasteiger partial charge on any atom is -0.198 e. The van der Waals surface area contributed by atoms with Gasteiger partial charge in [-0.25, -0.2) is 0 Å². The second-order valence-electron chi connectivity index (χ2n) is 5.51. The van der Waals surface area contributed by atoms with Gasteiger partial charge in [0.05, 0.1) is 11.5 Å². The Bertz CT molecular complexity index is 204. The van der Waals surface area contributed by atoms with E-state index in [2.05, 4.69) is 26.8 Å². The van der Waals surface area contributed by atoms with Crippen LogP contribution in [0.4, 0.5) is 0 Å². The second kappa shape index (κ2) is 4.82. The molecule has 0 aromatic carbocycles. The molecule has 0 spiro atoms. The molecule has 1 aliphatic carbocycles. The van der Waals surface area contributed by atoms with Crippen LogP contribution in [0.25, 0.3) is 0 Å². The quantitative estimate of drug-likeness (QED) is 0.660. The molecule has 0 saturated heterocycles. The molecule has 0 radical (unpaired) electrons. The van der Waals surface area contributed by atoms with Gasteiger partial charge in [0.1, 0.15) is 0 Å². The Morgan fingerprint density at radius 3 is 2.36 bits per heavy atom. The Hall–Kier alpha value is -0.510. The van der Waals surface area contributed by atoms with Crippen molar-refractivity contribution < 1.29 is 0 Å². The fraction of sp³-hybridized carbons (Fsp3) is 0.923. The summed E-state index contributed by atoms with van der Waals surface area (Å²) >= 11 is 0. The van der Waals surface area contributed by atoms with Crippen LogP contribution in [0.3, 0.4) is 0 Å². The van der Waals surface area contributed by atoms with Crippen molar-refractivity contribution in [1.82, 2.24) is 0 Å². The molecule has 1 fully saturated rings. The zero-order valence-electron chi connectivity index (χ0n) is 9.84. The highest BCUT2D eigenvalue weighted by molar-refractivity contribution is 5.01. The molecule has 0 aromatic rings. The van der Waals surface area contributed by atoms with Crippen molar-refractivity contribution in [3.8, 4) is 6.07 Å². The van der Waals surface area contributed by atoms with E-state index in [0.717, 1.165) is 31.1 Å². The average Bonchev–Trinajstić information content (AvgIpc) is 2.18. The lowest BCUT2D eigenvalue weighted by Crippen LogP contribution is -2.25. The molecule has 14 heavy (non-hydrogen) atoms. The second-order valence-corrected chi connectivity index (χ2v) is 5.51. The molecule has 1 heteroatoms. The van der Waals surface area contributed by atoms with E-state index in [4.69, 9.17) is 0 Å². The Balaban J connectivity index is 2.47. The average molecular weight is 193 g/mol. The van der Waals surface area contributed by atoms with Gasteiger partial charge in [-0.15, -0.1) is 0 Å². The van der Waals surface area contributed by atoms with Crippen LogP contribution in [-0.4, -0.2) is 0 Å². The normalized spacial score (nSPS) is 32.9. The van der Waals surface area contributed by atoms with Crippen LogP contribution < -0.4 is 0 Å². The lowest BCUT2D eigenvalue weighted by atomic mass is 9.69. The summed E-state index contributed by atoms with van der Waals surface area (Å²) < 4.78 is 0. The molecular weight excluding hydrogens is 170 g/mol. The van der Waals surface area contributed by atoms with Gasteiger partial charge in [0.25, 0.3) is 0 Å². The van der Waals surface area contributed by atoms with Gasteiger partial charge in [0.2, 0.25) is 0 Å². The van der Waals surface area contributed by atoms with Gasteiger partial charge in [-0.3, -0.25) is 0 Å². The molecule has 0 bridgehead atoms. The van der Waals surface area contributed by atoms with Gasteiger partial charge >= 0.3 is 0 Å². The fourth-order valence-corrected chi connectivity index (χ4v) is 2.30. The van der Waals surface area contributed by atoms with E-state index in [9.17, 15) is 5.26 Å². The Morgan fingerprint density at radius 2 is 1.93 bits per heavy atom. The highest BCUT2D eigenvalue weighted by Crippen LogP contribution is 2.42. The zero-order valence-corrected chi connectivity index (χ0v) is 9.84. The maximum Gasteiger partial charge on any atom is 0.0689 e. The summed E-state index contributed by atoms with van der Waals surface area (Å²) in [5, 5.41) is 9.29. The molecule has 1 rings (SSSR count). The lowest BCUT2D eigenvalue weighted by Gasteiger charge is -2.34. The lowest BCUT2D eigenvalue weighted by molar-refractivity contribution is 0.195. The van der Waals surface area contributed by atoms with Crippen LogP contribution in [-0.2, 0) is 0 Å². The highest BCUT2D eigenvalue weighted by atomic mass is 14.4. The van der Waals surface area contributed by atoms with Gasteiger partial charge in [-0.05, 0) is 50.4 Å². The van der Waals surface area contributed by atoms with Gasteiger partial charge in [0.15, 0.2) is 0 Å². The molecule has 0 unspecified atom stereocenters. The van der Waals surface area contributed by atoms with Crippen molar-refractivity contribution in [1.29, 1.82) is 5.26 Å². The molecule has 0 amide bonds. The smallest absolute Gasteiger partial charge is 0.0689 e. The summed E-state index contributed by atoms with van der Waals surface area (Å²) in [6.07, 6.45) is 7.11. The van der Waals surface area contributed by atoms with E-state index in [1.807, 2.05) is 0 Å². The van der Waals surface area contributed by atoms with Crippen LogP contribution in [0, 0.1) is 28.6 Å². The third-order valence-corrected chi connectivity index (χ3v) is 3.67. The molecule has 0 atom stereocenters. The van der Waals surface area contributed by atoms with Crippen molar-refractivity contribution in [2.45, 2.75) is 59.3 Å². The topological polar surface area (TPSA) is 23.8 Å². The standard InChI is InChI=1S/C13H23N/c1-11(2)4-7-13(10-14)8-5-12(3)6-9-13/h11-12H,4-9H2,1-3H3. The van der Waals surface area contributed by atoms with E-state index >= 15 is 0 Å². The fourth-order valence-electron chi connectivity index (χ4n) is 2.30. The van der Waals surface area contributed by atoms with E-state index in [-0.39, 0.29) is 5.41 Å². The summed E-state index contributed by atoms with van der Waals surface area (Å²) in [7, 11) is 0. The van der Waals surface area contributed by atoms with Crippen LogP contribution in [0.1, 0.15) is 59.3 Å². The molecule has 0 heterocycles. The summed E-state index contributed by atoms with van der Waals surface area (Å²) in [6, 6.07) is 2.59. The summed E-state index contributed by atoms with van der Waals surface area (Å²) in [6.45, 7) is 6.80. The predicted octanol–water partition coefficient (Wildman–Crippen LogP) is 4.14. The van der Waals surface area contributed by atoms with E-state index < -0.39 is 0 Å². The first-order chi connectivity index (χ1) is 6.58. The van der Waals surface area contributed by atoms with Gasteiger partial charge in [0, 0.05) is 0 Å². The number of nitriles is 1. The Kier molecular flexibility index (Phi) is 3.98. The van der Waals surface area contributed by atoms with Crippen molar-refractivity contribution in [3.63, 3.8) is 0 Å². The molecule has 0 aliphatic heterocycles. The van der Waals surface area contributed by atoms with Crippen molar-refractivity contribution >= 4 is 0 Å². The molecule has 80 valence electrons. The Labute approximate surface area is 88.5 Å². The molecule has 1 aliphatic rings. The van der Waals surface area contributed by atoms with Crippen LogP contribution in [0.2, 0.25) is 0 Å². The molecule has 1 saturated carbocycles. The van der Waals surface area contributed by atoms with Crippen LogP contribution >= 0.6 is 0 Å². The third-order valence-electron chi connectivity index (χ3n) is 3.67. The Morgan fingerprint density at radius 1 is 1.36 bits per heavy atom. The van der Waals surface area contributed by atoms with Crippen LogP contribution in [0.15, 0.2) is 0 Å². The number of nitrogens with zero attached hydrogens (tertiary/aromatic N) is 1. The van der Waals surface area contributed by atoms with Crippen molar-refractivity contribution in [3.05, 3.63) is 0 Å². The first-order valence-corrected chi connectivity index (χ1v) is 5.99. The molecule has 1 nitrogen and oxygen atoms in total. The summed E-state index contributed by atoms with van der Waals surface area (Å²) in [4.78, 5) is 0.